The van der Waals surface area contributed by atoms with Crippen LogP contribution in [-0.4, -0.2) is 19.1 Å². The zero-order valence-corrected chi connectivity index (χ0v) is 11.6. The molecule has 1 aromatic carbocycles. The lowest BCUT2D eigenvalue weighted by Gasteiger charge is -2.12. The highest BCUT2D eigenvalue weighted by atomic mass is 127. The molecule has 0 unspecified atom stereocenters. The maximum absolute atomic E-state index is 13.7. The summed E-state index contributed by atoms with van der Waals surface area (Å²) in [6.07, 6.45) is 0.704. The van der Waals surface area contributed by atoms with Gasteiger partial charge in [0.2, 0.25) is 5.91 Å². The molecule has 1 aliphatic rings. The summed E-state index contributed by atoms with van der Waals surface area (Å²) in [6, 6.07) is 3.26. The van der Waals surface area contributed by atoms with Gasteiger partial charge in [-0.05, 0) is 53.6 Å². The van der Waals surface area contributed by atoms with E-state index in [0.717, 1.165) is 5.56 Å². The minimum atomic E-state index is -0.387. The fraction of sp³-hybridized carbons (Fsp3) is 0.417. The van der Waals surface area contributed by atoms with Crippen molar-refractivity contribution in [2.45, 2.75) is 13.3 Å². The summed E-state index contributed by atoms with van der Waals surface area (Å²) in [4.78, 5) is 11.8. The van der Waals surface area contributed by atoms with Crippen molar-refractivity contribution in [3.05, 3.63) is 27.1 Å². The standard InChI is InChI=1S/C12H13FINO2/c1-7-4-9(13)11(10(14)5-7)15-12(16)8-2-3-17-6-8/h4-5,8H,2-3,6H2,1H3,(H,15,16)/t8-/m0/s1. The van der Waals surface area contributed by atoms with E-state index in [2.05, 4.69) is 5.32 Å². The van der Waals surface area contributed by atoms with Crippen molar-refractivity contribution < 1.29 is 13.9 Å². The molecule has 0 radical (unpaired) electrons. The molecule has 92 valence electrons. The highest BCUT2D eigenvalue weighted by molar-refractivity contribution is 14.1. The van der Waals surface area contributed by atoms with E-state index in [-0.39, 0.29) is 23.3 Å². The topological polar surface area (TPSA) is 38.3 Å². The Labute approximate surface area is 113 Å². The second-order valence-corrected chi connectivity index (χ2v) is 5.32. The summed E-state index contributed by atoms with van der Waals surface area (Å²) >= 11 is 2.02. The SMILES string of the molecule is Cc1cc(F)c(NC(=O)[C@H]2CCOC2)c(I)c1. The average Bonchev–Trinajstić information content (AvgIpc) is 2.76. The van der Waals surface area contributed by atoms with E-state index >= 15 is 0 Å². The van der Waals surface area contributed by atoms with Crippen molar-refractivity contribution >= 4 is 34.2 Å². The van der Waals surface area contributed by atoms with Gasteiger partial charge in [0.05, 0.1) is 18.2 Å². The molecule has 0 spiro atoms. The van der Waals surface area contributed by atoms with Crippen LogP contribution < -0.4 is 5.32 Å². The number of hydrogen-bond acceptors (Lipinski definition) is 2. The van der Waals surface area contributed by atoms with Crippen molar-refractivity contribution in [1.29, 1.82) is 0 Å². The van der Waals surface area contributed by atoms with Crippen LogP contribution in [0.1, 0.15) is 12.0 Å². The molecule has 5 heteroatoms. The van der Waals surface area contributed by atoms with Gasteiger partial charge < -0.3 is 10.1 Å². The van der Waals surface area contributed by atoms with E-state index in [1.807, 2.05) is 35.6 Å². The first-order valence-corrected chi connectivity index (χ1v) is 6.50. The average molecular weight is 349 g/mol. The lowest BCUT2D eigenvalue weighted by Crippen LogP contribution is -2.24. The minimum absolute atomic E-state index is 0.161. The first kappa shape index (κ1) is 12.8. The monoisotopic (exact) mass is 349 g/mol. The Hall–Kier alpha value is -0.690. The Morgan fingerprint density at radius 2 is 2.35 bits per heavy atom. The summed E-state index contributed by atoms with van der Waals surface area (Å²) in [5.41, 5.74) is 1.11. The second kappa shape index (κ2) is 5.30. The number of anilines is 1. The van der Waals surface area contributed by atoms with Crippen LogP contribution >= 0.6 is 22.6 Å². The molecule has 1 fully saturated rings. The molecule has 0 aromatic heterocycles. The van der Waals surface area contributed by atoms with Crippen LogP contribution in [0.5, 0.6) is 0 Å². The Balaban J connectivity index is 2.15. The number of aryl methyl sites for hydroxylation is 1. The normalized spacial score (nSPS) is 19.4. The van der Waals surface area contributed by atoms with Crippen LogP contribution in [0.15, 0.2) is 12.1 Å². The first-order valence-electron chi connectivity index (χ1n) is 5.42. The number of carbonyl (C=O) groups excluding carboxylic acids is 1. The van der Waals surface area contributed by atoms with Crippen molar-refractivity contribution in [1.82, 2.24) is 0 Å². The quantitative estimate of drug-likeness (QED) is 0.834. The number of rotatable bonds is 2. The Morgan fingerprint density at radius 3 is 2.94 bits per heavy atom. The van der Waals surface area contributed by atoms with Gasteiger partial charge in [-0.25, -0.2) is 4.39 Å². The van der Waals surface area contributed by atoms with Crippen molar-refractivity contribution in [3.8, 4) is 0 Å². The fourth-order valence-corrected chi connectivity index (χ4v) is 2.67. The highest BCUT2D eigenvalue weighted by Crippen LogP contribution is 2.25. The fourth-order valence-electron chi connectivity index (χ4n) is 1.79. The molecule has 1 atom stereocenters. The van der Waals surface area contributed by atoms with Crippen molar-refractivity contribution in [2.24, 2.45) is 5.92 Å². The number of halogens is 2. The number of nitrogens with one attached hydrogen (secondary N) is 1. The van der Waals surface area contributed by atoms with Crippen LogP contribution in [0.2, 0.25) is 0 Å². The maximum Gasteiger partial charge on any atom is 0.230 e. The number of amides is 1. The predicted molar refractivity (Wildman–Crippen MR) is 71.4 cm³/mol. The van der Waals surface area contributed by atoms with Crippen LogP contribution in [0.4, 0.5) is 10.1 Å². The van der Waals surface area contributed by atoms with E-state index < -0.39 is 0 Å². The van der Waals surface area contributed by atoms with Gasteiger partial charge in [0, 0.05) is 10.2 Å². The third kappa shape index (κ3) is 2.95. The number of hydrogen-bond donors (Lipinski definition) is 1. The molecule has 1 amide bonds. The van der Waals surface area contributed by atoms with Gasteiger partial charge in [0.25, 0.3) is 0 Å². The van der Waals surface area contributed by atoms with E-state index in [9.17, 15) is 9.18 Å². The molecule has 3 nitrogen and oxygen atoms in total. The zero-order valence-electron chi connectivity index (χ0n) is 9.43. The van der Waals surface area contributed by atoms with Gasteiger partial charge in [-0.3, -0.25) is 4.79 Å². The molecule has 1 heterocycles. The van der Waals surface area contributed by atoms with Gasteiger partial charge >= 0.3 is 0 Å². The molecule has 0 saturated carbocycles. The Bertz CT molecular complexity index is 421. The lowest BCUT2D eigenvalue weighted by molar-refractivity contribution is -0.119. The van der Waals surface area contributed by atoms with Crippen molar-refractivity contribution in [2.75, 3.05) is 18.5 Å². The highest BCUT2D eigenvalue weighted by Gasteiger charge is 2.24. The minimum Gasteiger partial charge on any atom is -0.381 e. The maximum atomic E-state index is 13.7. The lowest BCUT2D eigenvalue weighted by atomic mass is 10.1. The van der Waals surface area contributed by atoms with Crippen molar-refractivity contribution in [3.63, 3.8) is 0 Å². The van der Waals surface area contributed by atoms with Gasteiger partial charge in [0.1, 0.15) is 5.82 Å². The summed E-state index contributed by atoms with van der Waals surface area (Å²) in [6.45, 7) is 2.85. The molecule has 1 N–H and O–H groups in total. The largest absolute Gasteiger partial charge is 0.381 e. The number of benzene rings is 1. The van der Waals surface area contributed by atoms with E-state index in [0.29, 0.717) is 23.2 Å². The van der Waals surface area contributed by atoms with Crippen LogP contribution in [0.3, 0.4) is 0 Å². The van der Waals surface area contributed by atoms with Crippen LogP contribution in [0.25, 0.3) is 0 Å². The van der Waals surface area contributed by atoms with Gasteiger partial charge in [-0.1, -0.05) is 0 Å². The smallest absolute Gasteiger partial charge is 0.230 e. The summed E-state index contributed by atoms with van der Waals surface area (Å²) in [7, 11) is 0. The molecule has 0 aliphatic carbocycles. The molecule has 17 heavy (non-hydrogen) atoms. The molecule has 0 bridgehead atoms. The number of ether oxygens (including phenoxy) is 1. The summed E-state index contributed by atoms with van der Waals surface area (Å²) < 4.78 is 19.6. The predicted octanol–water partition coefficient (Wildman–Crippen LogP) is 2.71. The van der Waals surface area contributed by atoms with E-state index in [1.165, 1.54) is 6.07 Å². The van der Waals surface area contributed by atoms with Gasteiger partial charge in [-0.2, -0.15) is 0 Å². The van der Waals surface area contributed by atoms with Gasteiger partial charge in [0.15, 0.2) is 0 Å². The molecular weight excluding hydrogens is 336 g/mol. The van der Waals surface area contributed by atoms with Crippen LogP contribution in [-0.2, 0) is 9.53 Å². The molecule has 1 aliphatic heterocycles. The van der Waals surface area contributed by atoms with E-state index in [4.69, 9.17) is 4.74 Å². The molecule has 2 rings (SSSR count). The third-order valence-corrected chi connectivity index (χ3v) is 3.59. The number of carbonyl (C=O) groups is 1. The Kier molecular flexibility index (Phi) is 3.98. The zero-order chi connectivity index (χ0) is 12.4. The second-order valence-electron chi connectivity index (χ2n) is 4.15. The molecular formula is C12H13FINO2. The Morgan fingerprint density at radius 1 is 1.59 bits per heavy atom. The van der Waals surface area contributed by atoms with Gasteiger partial charge in [-0.15, -0.1) is 0 Å². The summed E-state index contributed by atoms with van der Waals surface area (Å²) in [5.74, 6) is -0.712. The summed E-state index contributed by atoms with van der Waals surface area (Å²) in [5, 5.41) is 2.65. The third-order valence-electron chi connectivity index (χ3n) is 2.74. The van der Waals surface area contributed by atoms with E-state index in [1.54, 1.807) is 0 Å². The van der Waals surface area contributed by atoms with Crippen LogP contribution in [0, 0.1) is 22.2 Å². The molecule has 1 saturated heterocycles. The first-order chi connectivity index (χ1) is 8.08. The molecule has 1 aromatic rings.